The number of carbonyl (C=O) groups excluding carboxylic acids is 1. The van der Waals surface area contributed by atoms with Crippen LogP contribution < -0.4 is 5.73 Å². The van der Waals surface area contributed by atoms with Crippen LogP contribution in [0.4, 0.5) is 0 Å². The van der Waals surface area contributed by atoms with Crippen LogP contribution in [-0.2, 0) is 4.79 Å². The minimum Gasteiger partial charge on any atom is -0.335 e. The van der Waals surface area contributed by atoms with E-state index in [4.69, 9.17) is 5.73 Å². The summed E-state index contributed by atoms with van der Waals surface area (Å²) in [5.74, 6) is 0.159. The number of hydrogen-bond donors (Lipinski definition) is 1. The average molecular weight is 182 g/mol. The first-order chi connectivity index (χ1) is 6.20. The predicted molar refractivity (Wildman–Crippen MR) is 51.2 cm³/mol. The molecule has 2 N–H and O–H groups in total. The number of carbonyl (C=O) groups is 1. The summed E-state index contributed by atoms with van der Waals surface area (Å²) in [4.78, 5) is 13.8. The maximum Gasteiger partial charge on any atom is 0.239 e. The third-order valence-electron chi connectivity index (χ3n) is 3.34. The fourth-order valence-corrected chi connectivity index (χ4v) is 2.71. The first-order valence-electron chi connectivity index (χ1n) is 5.28. The molecule has 2 saturated heterocycles. The summed E-state index contributed by atoms with van der Waals surface area (Å²) in [5.41, 5.74) is 5.63. The topological polar surface area (TPSA) is 46.3 Å². The van der Waals surface area contributed by atoms with Gasteiger partial charge in [-0.25, -0.2) is 0 Å². The minimum absolute atomic E-state index is 0.159. The van der Waals surface area contributed by atoms with Gasteiger partial charge in [0.05, 0.1) is 6.04 Å². The molecule has 0 aliphatic carbocycles. The molecule has 0 aromatic rings. The first-order valence-corrected chi connectivity index (χ1v) is 5.28. The highest BCUT2D eigenvalue weighted by atomic mass is 16.2. The molecule has 2 aliphatic heterocycles. The molecule has 0 spiro atoms. The van der Waals surface area contributed by atoms with Crippen molar-refractivity contribution in [1.82, 2.24) is 4.90 Å². The standard InChI is InChI=1S/C10H18N2O/c1-7(11)10(13)12-8-3-2-4-9(12)6-5-8/h7-9H,2-6,11H2,1H3/t7-,8?,9?/m1/s1. The van der Waals surface area contributed by atoms with Crippen LogP contribution in [0.15, 0.2) is 0 Å². The van der Waals surface area contributed by atoms with E-state index in [1.54, 1.807) is 6.92 Å². The second kappa shape index (κ2) is 3.29. The van der Waals surface area contributed by atoms with Gasteiger partial charge < -0.3 is 10.6 Å². The van der Waals surface area contributed by atoms with Gasteiger partial charge in [0.2, 0.25) is 5.91 Å². The molecule has 2 bridgehead atoms. The number of fused-ring (bicyclic) bond motifs is 2. The van der Waals surface area contributed by atoms with Gasteiger partial charge in [-0.2, -0.15) is 0 Å². The number of nitrogens with two attached hydrogens (primary N) is 1. The normalized spacial score (nSPS) is 34.8. The van der Waals surface area contributed by atoms with Gasteiger partial charge in [-0.3, -0.25) is 4.79 Å². The van der Waals surface area contributed by atoms with Gasteiger partial charge in [0, 0.05) is 12.1 Å². The summed E-state index contributed by atoms with van der Waals surface area (Å²) in [5, 5.41) is 0. The Balaban J connectivity index is 2.10. The third-order valence-corrected chi connectivity index (χ3v) is 3.34. The Labute approximate surface area is 79.3 Å². The van der Waals surface area contributed by atoms with E-state index in [-0.39, 0.29) is 11.9 Å². The lowest BCUT2D eigenvalue weighted by Crippen LogP contribution is -2.50. The molecule has 0 aromatic carbocycles. The van der Waals surface area contributed by atoms with E-state index in [0.717, 1.165) is 0 Å². The second-order valence-electron chi connectivity index (χ2n) is 4.35. The van der Waals surface area contributed by atoms with Gasteiger partial charge in [-0.1, -0.05) is 0 Å². The van der Waals surface area contributed by atoms with Gasteiger partial charge in [0.25, 0.3) is 0 Å². The van der Waals surface area contributed by atoms with Gasteiger partial charge in [0.1, 0.15) is 0 Å². The van der Waals surface area contributed by atoms with Crippen molar-refractivity contribution in [3.05, 3.63) is 0 Å². The van der Waals surface area contributed by atoms with Crippen LogP contribution in [0.5, 0.6) is 0 Å². The summed E-state index contributed by atoms with van der Waals surface area (Å²) >= 11 is 0. The van der Waals surface area contributed by atoms with Crippen molar-refractivity contribution < 1.29 is 4.79 Å². The monoisotopic (exact) mass is 182 g/mol. The van der Waals surface area contributed by atoms with E-state index in [1.807, 2.05) is 0 Å². The Hall–Kier alpha value is -0.570. The number of hydrogen-bond acceptors (Lipinski definition) is 2. The summed E-state index contributed by atoms with van der Waals surface area (Å²) < 4.78 is 0. The zero-order valence-corrected chi connectivity index (χ0v) is 8.20. The maximum atomic E-state index is 11.8. The molecule has 0 radical (unpaired) electrons. The Morgan fingerprint density at radius 3 is 2.31 bits per heavy atom. The number of amides is 1. The maximum absolute atomic E-state index is 11.8. The molecule has 2 heterocycles. The van der Waals surface area contributed by atoms with Crippen molar-refractivity contribution in [3.8, 4) is 0 Å². The van der Waals surface area contributed by atoms with Crippen LogP contribution in [-0.4, -0.2) is 28.9 Å². The summed E-state index contributed by atoms with van der Waals surface area (Å²) in [6.07, 6.45) is 6.06. The zero-order chi connectivity index (χ0) is 9.42. The summed E-state index contributed by atoms with van der Waals surface area (Å²) in [6.45, 7) is 1.79. The van der Waals surface area contributed by atoms with Crippen LogP contribution >= 0.6 is 0 Å². The van der Waals surface area contributed by atoms with E-state index in [0.29, 0.717) is 12.1 Å². The molecule has 74 valence electrons. The Bertz CT molecular complexity index is 199. The van der Waals surface area contributed by atoms with Crippen LogP contribution in [0, 0.1) is 0 Å². The summed E-state index contributed by atoms with van der Waals surface area (Å²) in [7, 11) is 0. The lowest BCUT2D eigenvalue weighted by Gasteiger charge is -2.35. The van der Waals surface area contributed by atoms with Crippen LogP contribution in [0.3, 0.4) is 0 Å². The number of rotatable bonds is 1. The van der Waals surface area contributed by atoms with Crippen LogP contribution in [0.25, 0.3) is 0 Å². The van der Waals surface area contributed by atoms with Crippen molar-refractivity contribution in [3.63, 3.8) is 0 Å². The highest BCUT2D eigenvalue weighted by Crippen LogP contribution is 2.35. The molecule has 2 fully saturated rings. The lowest BCUT2D eigenvalue weighted by atomic mass is 10.0. The second-order valence-corrected chi connectivity index (χ2v) is 4.35. The van der Waals surface area contributed by atoms with Gasteiger partial charge >= 0.3 is 0 Å². The minimum atomic E-state index is -0.318. The molecule has 1 amide bonds. The van der Waals surface area contributed by atoms with E-state index < -0.39 is 0 Å². The van der Waals surface area contributed by atoms with Crippen molar-refractivity contribution in [2.45, 2.75) is 57.2 Å². The van der Waals surface area contributed by atoms with Gasteiger partial charge in [0.15, 0.2) is 0 Å². The summed E-state index contributed by atoms with van der Waals surface area (Å²) in [6, 6.07) is 0.704. The molecule has 13 heavy (non-hydrogen) atoms. The number of piperidine rings is 1. The highest BCUT2D eigenvalue weighted by molar-refractivity contribution is 5.82. The highest BCUT2D eigenvalue weighted by Gasteiger charge is 2.39. The molecule has 0 saturated carbocycles. The molecule has 2 rings (SSSR count). The molecular formula is C10H18N2O. The van der Waals surface area contributed by atoms with E-state index in [1.165, 1.54) is 32.1 Å². The first kappa shape index (κ1) is 9.00. The Kier molecular flexibility index (Phi) is 2.28. The molecule has 2 aliphatic rings. The Morgan fingerprint density at radius 2 is 1.85 bits per heavy atom. The molecule has 2 unspecified atom stereocenters. The fourth-order valence-electron chi connectivity index (χ4n) is 2.71. The predicted octanol–water partition coefficient (Wildman–Crippen LogP) is 0.877. The SMILES string of the molecule is C[C@@H](N)C(=O)N1C2CCCC1CC2. The van der Waals surface area contributed by atoms with E-state index in [2.05, 4.69) is 4.90 Å². The van der Waals surface area contributed by atoms with Crippen LogP contribution in [0.2, 0.25) is 0 Å². The molecule has 3 atom stereocenters. The van der Waals surface area contributed by atoms with Crippen molar-refractivity contribution in [1.29, 1.82) is 0 Å². The Morgan fingerprint density at radius 1 is 1.31 bits per heavy atom. The quantitative estimate of drug-likeness (QED) is 0.654. The van der Waals surface area contributed by atoms with Crippen molar-refractivity contribution in [2.75, 3.05) is 0 Å². The average Bonchev–Trinajstić information content (AvgIpc) is 2.34. The van der Waals surface area contributed by atoms with Crippen molar-refractivity contribution >= 4 is 5.91 Å². The van der Waals surface area contributed by atoms with E-state index in [9.17, 15) is 4.79 Å². The number of nitrogens with zero attached hydrogens (tertiary/aromatic N) is 1. The largest absolute Gasteiger partial charge is 0.335 e. The third kappa shape index (κ3) is 1.46. The smallest absolute Gasteiger partial charge is 0.239 e. The van der Waals surface area contributed by atoms with Gasteiger partial charge in [-0.05, 0) is 39.0 Å². The molecule has 3 nitrogen and oxygen atoms in total. The molecular weight excluding hydrogens is 164 g/mol. The van der Waals surface area contributed by atoms with Gasteiger partial charge in [-0.15, -0.1) is 0 Å². The van der Waals surface area contributed by atoms with E-state index >= 15 is 0 Å². The fraction of sp³-hybridized carbons (Fsp3) is 0.900. The zero-order valence-electron chi connectivity index (χ0n) is 8.20. The van der Waals surface area contributed by atoms with Crippen molar-refractivity contribution in [2.24, 2.45) is 5.73 Å². The molecule has 0 aromatic heterocycles. The molecule has 3 heteroatoms. The van der Waals surface area contributed by atoms with Crippen LogP contribution in [0.1, 0.15) is 39.0 Å². The lowest BCUT2D eigenvalue weighted by molar-refractivity contribution is -0.136.